The lowest BCUT2D eigenvalue weighted by atomic mass is 9.87. The first kappa shape index (κ1) is 28.6. The molecule has 1 aromatic heterocycles. The quantitative estimate of drug-likeness (QED) is 0.243. The highest BCUT2D eigenvalue weighted by Gasteiger charge is 2.46. The van der Waals surface area contributed by atoms with E-state index in [-0.39, 0.29) is 28.7 Å². The lowest BCUT2D eigenvalue weighted by Crippen LogP contribution is -2.34. The number of aromatic nitrogens is 2. The normalized spacial score (nSPS) is 19.7. The van der Waals surface area contributed by atoms with E-state index >= 15 is 0 Å². The van der Waals surface area contributed by atoms with Gasteiger partial charge >= 0.3 is 0 Å². The van der Waals surface area contributed by atoms with Gasteiger partial charge < -0.3 is 9.47 Å². The fraction of sp³-hybridized carbons (Fsp3) is 0.333. The number of amides is 1. The Hall–Kier alpha value is -3.46. The molecule has 42 heavy (non-hydrogen) atoms. The van der Waals surface area contributed by atoms with E-state index in [0.717, 1.165) is 59.4 Å². The van der Waals surface area contributed by atoms with Gasteiger partial charge in [-0.3, -0.25) is 4.79 Å². The van der Waals surface area contributed by atoms with Crippen LogP contribution in [-0.4, -0.2) is 23.9 Å². The second kappa shape index (κ2) is 11.7. The van der Waals surface area contributed by atoms with Crippen LogP contribution in [0.5, 0.6) is 0 Å². The van der Waals surface area contributed by atoms with E-state index in [4.69, 9.17) is 11.6 Å². The van der Waals surface area contributed by atoms with Gasteiger partial charge in [0.25, 0.3) is 0 Å². The van der Waals surface area contributed by atoms with Gasteiger partial charge in [-0.15, -0.1) is 0 Å². The molecule has 0 radical (unpaired) electrons. The number of hydrogen-bond donors (Lipinski definition) is 1. The number of sulfonamides is 1. The van der Waals surface area contributed by atoms with Crippen LogP contribution in [0.4, 0.5) is 5.69 Å². The van der Waals surface area contributed by atoms with Crippen molar-refractivity contribution >= 4 is 33.2 Å². The molecule has 0 spiro atoms. The van der Waals surface area contributed by atoms with Gasteiger partial charge in [-0.05, 0) is 96.7 Å². The second-order valence-electron chi connectivity index (χ2n) is 11.3. The Balaban J connectivity index is 1.30. The smallest absolute Gasteiger partial charge is 0.241 e. The third-order valence-corrected chi connectivity index (χ3v) is 10.3. The van der Waals surface area contributed by atoms with Crippen LogP contribution in [0.25, 0.3) is 0 Å². The third-order valence-electron chi connectivity index (χ3n) is 8.59. The van der Waals surface area contributed by atoms with E-state index in [2.05, 4.69) is 9.71 Å². The predicted octanol–water partition coefficient (Wildman–Crippen LogP) is 6.33. The molecule has 2 aliphatic rings. The highest BCUT2D eigenvalue weighted by atomic mass is 35.5. The lowest BCUT2D eigenvalue weighted by Gasteiger charge is -2.29. The van der Waals surface area contributed by atoms with Crippen LogP contribution < -0.4 is 9.62 Å². The molecule has 1 amide bonds. The minimum Gasteiger partial charge on any atom is -0.337 e. The molecule has 6 rings (SSSR count). The van der Waals surface area contributed by atoms with E-state index in [1.54, 1.807) is 18.3 Å². The summed E-state index contributed by atoms with van der Waals surface area (Å²) < 4.78 is 31.6. The zero-order valence-corrected chi connectivity index (χ0v) is 25.4. The summed E-state index contributed by atoms with van der Waals surface area (Å²) in [7, 11) is -1.80. The van der Waals surface area contributed by atoms with Crippen molar-refractivity contribution < 1.29 is 13.2 Å². The van der Waals surface area contributed by atoms with E-state index in [1.807, 2.05) is 84.2 Å². The Bertz CT molecular complexity index is 1700. The van der Waals surface area contributed by atoms with E-state index in [1.165, 1.54) is 0 Å². The first-order valence-corrected chi connectivity index (χ1v) is 16.4. The number of fused-ring (bicyclic) bond motifs is 1. The number of rotatable bonds is 9. The summed E-state index contributed by atoms with van der Waals surface area (Å²) in [6, 6.07) is 20.4. The van der Waals surface area contributed by atoms with Gasteiger partial charge in [0.05, 0.1) is 11.4 Å². The molecule has 7 nitrogen and oxygen atoms in total. The Morgan fingerprint density at radius 3 is 2.55 bits per heavy atom. The number of carbonyl (C=O) groups excluding carboxylic acids is 1. The highest BCUT2D eigenvalue weighted by Crippen LogP contribution is 2.49. The number of hydrogen-bond acceptors (Lipinski definition) is 4. The number of aryl methyl sites for hydroxylation is 3. The molecule has 1 heterocycles. The summed E-state index contributed by atoms with van der Waals surface area (Å²) in [5, 5.41) is 0.677. The van der Waals surface area contributed by atoms with Gasteiger partial charge in [0.1, 0.15) is 5.82 Å². The minimum absolute atomic E-state index is 0.0434. The molecule has 3 atom stereocenters. The summed E-state index contributed by atoms with van der Waals surface area (Å²) in [6.45, 7) is 2.37. The van der Waals surface area contributed by atoms with Crippen molar-refractivity contribution in [2.45, 2.75) is 62.4 Å². The topological polar surface area (TPSA) is 84.3 Å². The molecule has 3 aromatic carbocycles. The molecule has 4 aromatic rings. The molecule has 1 N–H and O–H groups in total. The Kier molecular flexibility index (Phi) is 7.96. The molecule has 218 valence electrons. The number of benzene rings is 3. The van der Waals surface area contributed by atoms with Gasteiger partial charge in [-0.25, -0.2) is 18.1 Å². The monoisotopic (exact) mass is 602 g/mol. The average Bonchev–Trinajstić information content (AvgIpc) is 3.70. The maximum Gasteiger partial charge on any atom is 0.241 e. The van der Waals surface area contributed by atoms with Crippen LogP contribution in [0.2, 0.25) is 5.02 Å². The summed E-state index contributed by atoms with van der Waals surface area (Å²) in [6.07, 6.45) is 7.68. The standard InChI is InChI=1S/C33H35ClN4O3S/c1-3-22-7-15-27(16-8-22)42(40,41)36-31-6-4-5-23-11-14-26(19-29(23)31)38(21-32-35-17-18-37(32)2)33(39)30-20-28(30)24-9-12-25(34)13-10-24/h7-19,28,30-31,36H,3-6,20-21H2,1-2H3. The van der Waals surface area contributed by atoms with Crippen LogP contribution >= 0.6 is 11.6 Å². The van der Waals surface area contributed by atoms with Crippen molar-refractivity contribution in [3.05, 3.63) is 112 Å². The fourth-order valence-corrected chi connectivity index (χ4v) is 7.35. The third kappa shape index (κ3) is 5.89. The van der Waals surface area contributed by atoms with Crippen molar-refractivity contribution in [3.8, 4) is 0 Å². The van der Waals surface area contributed by atoms with Crippen LogP contribution in [0.1, 0.15) is 66.2 Å². The SMILES string of the molecule is CCc1ccc(S(=O)(=O)NC2CCCc3ccc(N(Cc4nccn4C)C(=O)C4CC4c4ccc(Cl)cc4)cc32)cc1. The number of nitrogens with one attached hydrogen (secondary N) is 1. The highest BCUT2D eigenvalue weighted by molar-refractivity contribution is 7.89. The van der Waals surface area contributed by atoms with Crippen LogP contribution in [0.15, 0.2) is 84.0 Å². The van der Waals surface area contributed by atoms with Crippen molar-refractivity contribution in [2.24, 2.45) is 13.0 Å². The Morgan fingerprint density at radius 2 is 1.86 bits per heavy atom. The fourth-order valence-electron chi connectivity index (χ4n) is 5.97. The van der Waals surface area contributed by atoms with E-state index in [9.17, 15) is 13.2 Å². The van der Waals surface area contributed by atoms with Crippen molar-refractivity contribution in [1.82, 2.24) is 14.3 Å². The van der Waals surface area contributed by atoms with E-state index in [0.29, 0.717) is 18.0 Å². The van der Waals surface area contributed by atoms with E-state index < -0.39 is 10.0 Å². The van der Waals surface area contributed by atoms with Gasteiger partial charge in [0.15, 0.2) is 0 Å². The molecular weight excluding hydrogens is 568 g/mol. The van der Waals surface area contributed by atoms with Crippen molar-refractivity contribution in [3.63, 3.8) is 0 Å². The van der Waals surface area contributed by atoms with Crippen LogP contribution in [0.3, 0.4) is 0 Å². The second-order valence-corrected chi connectivity index (χ2v) is 13.5. The van der Waals surface area contributed by atoms with Crippen molar-refractivity contribution in [1.29, 1.82) is 0 Å². The first-order chi connectivity index (χ1) is 20.2. The predicted molar refractivity (Wildman–Crippen MR) is 165 cm³/mol. The van der Waals surface area contributed by atoms with Crippen molar-refractivity contribution in [2.75, 3.05) is 4.90 Å². The molecule has 0 saturated heterocycles. The Labute approximate surface area is 252 Å². The molecule has 3 unspecified atom stereocenters. The summed E-state index contributed by atoms with van der Waals surface area (Å²) in [5.74, 6) is 0.831. The number of anilines is 1. The molecule has 1 saturated carbocycles. The van der Waals surface area contributed by atoms with Crippen LogP contribution in [-0.2, 0) is 41.3 Å². The van der Waals surface area contributed by atoms with Gasteiger partial charge in [0, 0.05) is 42.1 Å². The summed E-state index contributed by atoms with van der Waals surface area (Å²) in [5.41, 5.74) is 4.99. The summed E-state index contributed by atoms with van der Waals surface area (Å²) in [4.78, 5) is 20.6. The number of halogens is 1. The van der Waals surface area contributed by atoms with Gasteiger partial charge in [-0.2, -0.15) is 0 Å². The molecule has 0 bridgehead atoms. The average molecular weight is 603 g/mol. The molecule has 1 fully saturated rings. The number of imidazole rings is 1. The first-order valence-electron chi connectivity index (χ1n) is 14.5. The zero-order valence-electron chi connectivity index (χ0n) is 23.8. The minimum atomic E-state index is -3.72. The number of nitrogens with zero attached hydrogens (tertiary/aromatic N) is 3. The lowest BCUT2D eigenvalue weighted by molar-refractivity contribution is -0.120. The largest absolute Gasteiger partial charge is 0.337 e. The molecular formula is C33H35ClN4O3S. The summed E-state index contributed by atoms with van der Waals surface area (Å²) >= 11 is 6.09. The van der Waals surface area contributed by atoms with Gasteiger partial charge in [-0.1, -0.05) is 48.9 Å². The van der Waals surface area contributed by atoms with Gasteiger partial charge in [0.2, 0.25) is 15.9 Å². The maximum absolute atomic E-state index is 14.1. The maximum atomic E-state index is 14.1. The zero-order chi connectivity index (χ0) is 29.4. The number of carbonyl (C=O) groups is 1. The molecule has 2 aliphatic carbocycles. The molecule has 9 heteroatoms. The Morgan fingerprint density at radius 1 is 1.10 bits per heavy atom. The van der Waals surface area contributed by atoms with Crippen LogP contribution in [0, 0.1) is 5.92 Å². The molecule has 0 aliphatic heterocycles.